The van der Waals surface area contributed by atoms with Crippen LogP contribution in [0.25, 0.3) is 5.52 Å². The number of benzene rings is 2. The highest BCUT2D eigenvalue weighted by Gasteiger charge is 2.32. The number of nitrogens with zero attached hydrogens (tertiary/aromatic N) is 6. The van der Waals surface area contributed by atoms with E-state index in [-0.39, 0.29) is 0 Å². The van der Waals surface area contributed by atoms with Gasteiger partial charge in [0.15, 0.2) is 5.82 Å². The van der Waals surface area contributed by atoms with Gasteiger partial charge in [-0.3, -0.25) is 0 Å². The van der Waals surface area contributed by atoms with E-state index in [1.54, 1.807) is 17.2 Å². The zero-order valence-electron chi connectivity index (χ0n) is 19.2. The van der Waals surface area contributed by atoms with Gasteiger partial charge < -0.3 is 14.5 Å². The van der Waals surface area contributed by atoms with E-state index in [2.05, 4.69) is 64.3 Å². The molecule has 0 N–H and O–H groups in total. The van der Waals surface area contributed by atoms with E-state index in [0.717, 1.165) is 47.7 Å². The number of hydrogen-bond acceptors (Lipinski definition) is 6. The lowest BCUT2D eigenvalue weighted by Crippen LogP contribution is -2.31. The molecule has 0 amide bonds. The molecule has 1 saturated carbocycles. The van der Waals surface area contributed by atoms with E-state index in [4.69, 9.17) is 9.72 Å². The molecule has 4 aromatic rings. The second kappa shape index (κ2) is 9.58. The third-order valence-electron chi connectivity index (χ3n) is 6.28. The minimum Gasteiger partial charge on any atom is -0.489 e. The van der Waals surface area contributed by atoms with Gasteiger partial charge in [0.2, 0.25) is 0 Å². The van der Waals surface area contributed by atoms with Gasteiger partial charge in [0.25, 0.3) is 0 Å². The summed E-state index contributed by atoms with van der Waals surface area (Å²) in [5.41, 5.74) is 3.14. The molecule has 170 valence electrons. The monoisotopic (exact) mass is 442 g/mol. The number of anilines is 2. The normalized spacial score (nSPS) is 18.2. The van der Waals surface area contributed by atoms with Crippen LogP contribution < -0.4 is 9.64 Å². The first-order valence-electron chi connectivity index (χ1n) is 11.5. The van der Waals surface area contributed by atoms with Crippen LogP contribution in [0.4, 0.5) is 11.5 Å². The Morgan fingerprint density at radius 2 is 1.94 bits per heavy atom. The summed E-state index contributed by atoms with van der Waals surface area (Å²) in [5.74, 6) is 2.41. The SMILES string of the molecule is CN(C)CC1CCC(N(c2cccc(OCc3ccccc3)c2)c2ncnn3cncc23)C1. The number of imidazole rings is 1. The van der Waals surface area contributed by atoms with Crippen molar-refractivity contribution < 1.29 is 4.74 Å². The van der Waals surface area contributed by atoms with Gasteiger partial charge in [-0.1, -0.05) is 36.4 Å². The first kappa shape index (κ1) is 21.4. The molecule has 5 rings (SSSR count). The first-order chi connectivity index (χ1) is 16.2. The van der Waals surface area contributed by atoms with E-state index in [9.17, 15) is 0 Å². The molecule has 0 saturated heterocycles. The van der Waals surface area contributed by atoms with Crippen molar-refractivity contribution in [1.82, 2.24) is 24.5 Å². The molecule has 2 aromatic heterocycles. The van der Waals surface area contributed by atoms with E-state index in [0.29, 0.717) is 18.6 Å². The van der Waals surface area contributed by atoms with Gasteiger partial charge in [-0.15, -0.1) is 0 Å². The standard InChI is InChI=1S/C26H30N6O/c1-30(2)16-21-11-12-23(13-21)32(26-25-15-27-19-31(25)29-18-28-26)22-9-6-10-24(14-22)33-17-20-7-4-3-5-8-20/h3-10,14-15,18-19,21,23H,11-13,16-17H2,1-2H3. The lowest BCUT2D eigenvalue weighted by Gasteiger charge is -2.31. The third kappa shape index (κ3) is 4.83. The zero-order chi connectivity index (χ0) is 22.6. The zero-order valence-corrected chi connectivity index (χ0v) is 19.2. The fourth-order valence-corrected chi connectivity index (χ4v) is 4.86. The van der Waals surface area contributed by atoms with Crippen molar-refractivity contribution in [2.75, 3.05) is 25.5 Å². The summed E-state index contributed by atoms with van der Waals surface area (Å²) in [7, 11) is 4.30. The Labute approximate surface area is 194 Å². The molecule has 0 radical (unpaired) electrons. The van der Waals surface area contributed by atoms with Crippen LogP contribution in [-0.2, 0) is 6.61 Å². The van der Waals surface area contributed by atoms with Crippen LogP contribution >= 0.6 is 0 Å². The molecule has 0 bridgehead atoms. The van der Waals surface area contributed by atoms with Crippen molar-refractivity contribution in [3.05, 3.63) is 79.0 Å². The van der Waals surface area contributed by atoms with Gasteiger partial charge in [-0.2, -0.15) is 5.10 Å². The summed E-state index contributed by atoms with van der Waals surface area (Å²) < 4.78 is 7.93. The number of aromatic nitrogens is 4. The molecule has 7 nitrogen and oxygen atoms in total. The van der Waals surface area contributed by atoms with Crippen LogP contribution in [0.3, 0.4) is 0 Å². The average Bonchev–Trinajstić information content (AvgIpc) is 3.49. The number of ether oxygens (including phenoxy) is 1. The van der Waals surface area contributed by atoms with Gasteiger partial charge in [-0.25, -0.2) is 14.5 Å². The quantitative estimate of drug-likeness (QED) is 0.398. The van der Waals surface area contributed by atoms with Crippen molar-refractivity contribution in [1.29, 1.82) is 0 Å². The van der Waals surface area contributed by atoms with Crippen LogP contribution in [0.15, 0.2) is 73.4 Å². The molecule has 0 spiro atoms. The van der Waals surface area contributed by atoms with E-state index >= 15 is 0 Å². The molecular formula is C26H30N6O. The van der Waals surface area contributed by atoms with Crippen LogP contribution in [-0.4, -0.2) is 51.2 Å². The Kier molecular flexibility index (Phi) is 6.21. The third-order valence-corrected chi connectivity index (χ3v) is 6.28. The number of rotatable bonds is 8. The summed E-state index contributed by atoms with van der Waals surface area (Å²) in [6.07, 6.45) is 8.63. The predicted molar refractivity (Wildman–Crippen MR) is 130 cm³/mol. The van der Waals surface area contributed by atoms with Crippen LogP contribution in [0.2, 0.25) is 0 Å². The Balaban J connectivity index is 1.46. The Morgan fingerprint density at radius 1 is 1.06 bits per heavy atom. The first-order valence-corrected chi connectivity index (χ1v) is 11.5. The number of hydrogen-bond donors (Lipinski definition) is 0. The van der Waals surface area contributed by atoms with Crippen molar-refractivity contribution in [2.45, 2.75) is 31.9 Å². The molecule has 2 unspecified atom stereocenters. The summed E-state index contributed by atoms with van der Waals surface area (Å²) in [6, 6.07) is 18.9. The second-order valence-corrected chi connectivity index (χ2v) is 9.04. The maximum absolute atomic E-state index is 6.14. The highest BCUT2D eigenvalue weighted by molar-refractivity contribution is 5.75. The average molecular weight is 443 g/mol. The molecule has 1 aliphatic carbocycles. The molecule has 33 heavy (non-hydrogen) atoms. The smallest absolute Gasteiger partial charge is 0.162 e. The van der Waals surface area contributed by atoms with Crippen LogP contribution in [0.1, 0.15) is 24.8 Å². The molecular weight excluding hydrogens is 412 g/mol. The van der Waals surface area contributed by atoms with Gasteiger partial charge in [0, 0.05) is 24.3 Å². The topological polar surface area (TPSA) is 58.8 Å². The van der Waals surface area contributed by atoms with Crippen molar-refractivity contribution in [2.24, 2.45) is 5.92 Å². The van der Waals surface area contributed by atoms with Crippen molar-refractivity contribution in [3.63, 3.8) is 0 Å². The minimum absolute atomic E-state index is 0.355. The summed E-state index contributed by atoms with van der Waals surface area (Å²) >= 11 is 0. The molecule has 1 fully saturated rings. The summed E-state index contributed by atoms with van der Waals surface area (Å²) in [6.45, 7) is 1.65. The van der Waals surface area contributed by atoms with E-state index < -0.39 is 0 Å². The predicted octanol–water partition coefficient (Wildman–Crippen LogP) is 4.57. The lowest BCUT2D eigenvalue weighted by atomic mass is 10.1. The van der Waals surface area contributed by atoms with Gasteiger partial charge >= 0.3 is 0 Å². The van der Waals surface area contributed by atoms with Gasteiger partial charge in [-0.05, 0) is 57.0 Å². The fourth-order valence-electron chi connectivity index (χ4n) is 4.86. The fraction of sp³-hybridized carbons (Fsp3) is 0.346. The largest absolute Gasteiger partial charge is 0.489 e. The van der Waals surface area contributed by atoms with E-state index in [1.807, 2.05) is 30.5 Å². The summed E-state index contributed by atoms with van der Waals surface area (Å²) in [5, 5.41) is 4.32. The Hall–Kier alpha value is -3.45. The maximum Gasteiger partial charge on any atom is 0.162 e. The van der Waals surface area contributed by atoms with E-state index in [1.165, 1.54) is 6.42 Å². The van der Waals surface area contributed by atoms with Crippen LogP contribution in [0, 0.1) is 5.92 Å². The van der Waals surface area contributed by atoms with Crippen molar-refractivity contribution >= 4 is 17.0 Å². The highest BCUT2D eigenvalue weighted by atomic mass is 16.5. The molecule has 2 aromatic carbocycles. The molecule has 1 aliphatic rings. The Morgan fingerprint density at radius 3 is 2.79 bits per heavy atom. The molecule has 2 atom stereocenters. The van der Waals surface area contributed by atoms with Gasteiger partial charge in [0.1, 0.15) is 30.5 Å². The minimum atomic E-state index is 0.355. The van der Waals surface area contributed by atoms with Gasteiger partial charge in [0.05, 0.1) is 6.20 Å². The molecule has 7 heteroatoms. The molecule has 0 aliphatic heterocycles. The van der Waals surface area contributed by atoms with Crippen molar-refractivity contribution in [3.8, 4) is 5.75 Å². The maximum atomic E-state index is 6.14. The van der Waals surface area contributed by atoms with Crippen LogP contribution in [0.5, 0.6) is 5.75 Å². The Bertz CT molecular complexity index is 1190. The number of fused-ring (bicyclic) bond motifs is 1. The second-order valence-electron chi connectivity index (χ2n) is 9.04. The highest BCUT2D eigenvalue weighted by Crippen LogP contribution is 2.39. The molecule has 2 heterocycles. The summed E-state index contributed by atoms with van der Waals surface area (Å²) in [4.78, 5) is 13.7. The lowest BCUT2D eigenvalue weighted by molar-refractivity contribution is 0.306.